The molecule has 1 aromatic carbocycles. The Morgan fingerprint density at radius 2 is 2.29 bits per heavy atom. The Morgan fingerprint density at radius 3 is 2.81 bits per heavy atom. The molecule has 110 valence electrons. The van der Waals surface area contributed by atoms with Gasteiger partial charge in [0.05, 0.1) is 24.5 Å². The van der Waals surface area contributed by atoms with Crippen LogP contribution in [0.2, 0.25) is 0 Å². The van der Waals surface area contributed by atoms with Crippen LogP contribution in [0.4, 0.5) is 5.69 Å². The third kappa shape index (κ3) is 3.28. The largest absolute Gasteiger partial charge is 0.490 e. The number of nitriles is 1. The molecule has 1 aliphatic carbocycles. The number of ether oxygens (including phenoxy) is 1. The molecule has 0 saturated heterocycles. The van der Waals surface area contributed by atoms with Crippen molar-refractivity contribution >= 4 is 11.6 Å². The zero-order chi connectivity index (χ0) is 15.4. The summed E-state index contributed by atoms with van der Waals surface area (Å²) >= 11 is 0. The highest BCUT2D eigenvalue weighted by atomic mass is 16.6. The maximum atomic E-state index is 12.5. The smallest absolute Gasteiger partial charge is 0.311 e. The standard InChI is InChI=1S/C14H15N3O4/c1-21-13-6-3-10(9-12(13)17(19)20)14(18)16(8-2-7-15)11-4-5-11/h3,6,9,11H,2,4-5,8H2,1H3. The van der Waals surface area contributed by atoms with E-state index in [4.69, 9.17) is 10.00 Å². The number of hydrogen-bond acceptors (Lipinski definition) is 5. The molecule has 1 fully saturated rings. The summed E-state index contributed by atoms with van der Waals surface area (Å²) in [6, 6.07) is 6.31. The van der Waals surface area contributed by atoms with Crippen LogP contribution < -0.4 is 4.74 Å². The quantitative estimate of drug-likeness (QED) is 0.590. The normalized spacial score (nSPS) is 13.3. The zero-order valence-electron chi connectivity index (χ0n) is 11.6. The Labute approximate surface area is 121 Å². The van der Waals surface area contributed by atoms with Crippen LogP contribution in [0.5, 0.6) is 5.75 Å². The summed E-state index contributed by atoms with van der Waals surface area (Å²) in [6.07, 6.45) is 2.07. The summed E-state index contributed by atoms with van der Waals surface area (Å²) < 4.78 is 4.92. The fourth-order valence-corrected chi connectivity index (χ4v) is 2.14. The molecule has 0 aromatic heterocycles. The van der Waals surface area contributed by atoms with Crippen LogP contribution in [0.1, 0.15) is 29.6 Å². The Hall–Kier alpha value is -2.62. The fourth-order valence-electron chi connectivity index (χ4n) is 2.14. The first kappa shape index (κ1) is 14.8. The Balaban J connectivity index is 2.27. The van der Waals surface area contributed by atoms with E-state index in [1.807, 2.05) is 6.07 Å². The zero-order valence-corrected chi connectivity index (χ0v) is 11.6. The Bertz CT molecular complexity index is 605. The Kier molecular flexibility index (Phi) is 4.38. The lowest BCUT2D eigenvalue weighted by Crippen LogP contribution is -2.33. The number of nitrogens with zero attached hydrogens (tertiary/aromatic N) is 3. The predicted octanol–water partition coefficient (Wildman–Crippen LogP) is 2.12. The lowest BCUT2D eigenvalue weighted by Gasteiger charge is -2.21. The molecule has 1 saturated carbocycles. The topological polar surface area (TPSA) is 96.5 Å². The minimum absolute atomic E-state index is 0.117. The third-order valence-corrected chi connectivity index (χ3v) is 3.34. The van der Waals surface area contributed by atoms with Gasteiger partial charge >= 0.3 is 5.69 Å². The molecule has 0 radical (unpaired) electrons. The van der Waals surface area contributed by atoms with E-state index in [-0.39, 0.29) is 35.4 Å². The van der Waals surface area contributed by atoms with E-state index >= 15 is 0 Å². The van der Waals surface area contributed by atoms with Crippen molar-refractivity contribution < 1.29 is 14.5 Å². The predicted molar refractivity (Wildman–Crippen MR) is 73.9 cm³/mol. The number of hydrogen-bond donors (Lipinski definition) is 0. The molecule has 0 aliphatic heterocycles. The molecule has 1 aromatic rings. The van der Waals surface area contributed by atoms with Crippen LogP contribution in [-0.2, 0) is 0 Å². The van der Waals surface area contributed by atoms with E-state index in [0.29, 0.717) is 6.54 Å². The lowest BCUT2D eigenvalue weighted by molar-refractivity contribution is -0.385. The summed E-state index contributed by atoms with van der Waals surface area (Å²) in [4.78, 5) is 24.5. The highest BCUT2D eigenvalue weighted by molar-refractivity contribution is 5.95. The van der Waals surface area contributed by atoms with Gasteiger partial charge in [-0.2, -0.15) is 5.26 Å². The molecule has 0 atom stereocenters. The number of nitro benzene ring substituents is 1. The van der Waals surface area contributed by atoms with Gasteiger partial charge in [0.1, 0.15) is 0 Å². The molecule has 1 aliphatic rings. The molecular formula is C14H15N3O4. The first-order valence-electron chi connectivity index (χ1n) is 6.58. The molecular weight excluding hydrogens is 274 g/mol. The van der Waals surface area contributed by atoms with Crippen molar-refractivity contribution in [2.45, 2.75) is 25.3 Å². The second-order valence-electron chi connectivity index (χ2n) is 4.78. The monoisotopic (exact) mass is 289 g/mol. The van der Waals surface area contributed by atoms with Gasteiger partial charge in [0.2, 0.25) is 0 Å². The van der Waals surface area contributed by atoms with Crippen LogP contribution in [0.25, 0.3) is 0 Å². The van der Waals surface area contributed by atoms with Gasteiger partial charge in [-0.1, -0.05) is 0 Å². The van der Waals surface area contributed by atoms with Crippen molar-refractivity contribution in [2.75, 3.05) is 13.7 Å². The van der Waals surface area contributed by atoms with Gasteiger partial charge in [-0.15, -0.1) is 0 Å². The second kappa shape index (κ2) is 6.22. The van der Waals surface area contributed by atoms with Crippen molar-refractivity contribution in [3.8, 4) is 11.8 Å². The molecule has 1 amide bonds. The van der Waals surface area contributed by atoms with Crippen LogP contribution >= 0.6 is 0 Å². The van der Waals surface area contributed by atoms with Crippen molar-refractivity contribution in [2.24, 2.45) is 0 Å². The SMILES string of the molecule is COc1ccc(C(=O)N(CCC#N)C2CC2)cc1[N+](=O)[O-]. The maximum absolute atomic E-state index is 12.5. The van der Waals surface area contributed by atoms with E-state index in [2.05, 4.69) is 0 Å². The van der Waals surface area contributed by atoms with E-state index in [0.717, 1.165) is 12.8 Å². The van der Waals surface area contributed by atoms with Crippen LogP contribution in [0.15, 0.2) is 18.2 Å². The summed E-state index contributed by atoms with van der Waals surface area (Å²) in [5.74, 6) is -0.162. The Morgan fingerprint density at radius 1 is 1.57 bits per heavy atom. The van der Waals surface area contributed by atoms with E-state index in [1.54, 1.807) is 4.90 Å². The van der Waals surface area contributed by atoms with E-state index in [1.165, 1.54) is 25.3 Å². The molecule has 7 nitrogen and oxygen atoms in total. The molecule has 0 N–H and O–H groups in total. The van der Waals surface area contributed by atoms with Gasteiger partial charge in [-0.05, 0) is 25.0 Å². The van der Waals surface area contributed by atoms with Crippen LogP contribution in [-0.4, -0.2) is 35.4 Å². The van der Waals surface area contributed by atoms with Gasteiger partial charge in [0, 0.05) is 24.2 Å². The lowest BCUT2D eigenvalue weighted by atomic mass is 10.1. The molecule has 0 spiro atoms. The first-order chi connectivity index (χ1) is 10.1. The summed E-state index contributed by atoms with van der Waals surface area (Å²) in [7, 11) is 1.34. The van der Waals surface area contributed by atoms with Gasteiger partial charge in [0.25, 0.3) is 5.91 Å². The molecule has 7 heteroatoms. The number of carbonyl (C=O) groups is 1. The van der Waals surface area contributed by atoms with Gasteiger partial charge in [0.15, 0.2) is 5.75 Å². The van der Waals surface area contributed by atoms with Crippen molar-refractivity contribution in [1.82, 2.24) is 4.90 Å². The molecule has 0 bridgehead atoms. The maximum Gasteiger partial charge on any atom is 0.311 e. The first-order valence-corrected chi connectivity index (χ1v) is 6.58. The van der Waals surface area contributed by atoms with Gasteiger partial charge < -0.3 is 9.64 Å². The number of benzene rings is 1. The van der Waals surface area contributed by atoms with E-state index < -0.39 is 4.92 Å². The molecule has 0 unspecified atom stereocenters. The number of methoxy groups -OCH3 is 1. The number of rotatable bonds is 6. The molecule has 21 heavy (non-hydrogen) atoms. The van der Waals surface area contributed by atoms with Crippen LogP contribution in [0, 0.1) is 21.4 Å². The number of nitro groups is 1. The minimum atomic E-state index is -0.577. The highest BCUT2D eigenvalue weighted by Gasteiger charge is 2.33. The van der Waals surface area contributed by atoms with Crippen molar-refractivity contribution in [3.05, 3.63) is 33.9 Å². The fraction of sp³-hybridized carbons (Fsp3) is 0.429. The van der Waals surface area contributed by atoms with E-state index in [9.17, 15) is 14.9 Å². The van der Waals surface area contributed by atoms with Gasteiger partial charge in [-0.25, -0.2) is 0 Å². The minimum Gasteiger partial charge on any atom is -0.490 e. The molecule has 0 heterocycles. The van der Waals surface area contributed by atoms with Gasteiger partial charge in [-0.3, -0.25) is 14.9 Å². The highest BCUT2D eigenvalue weighted by Crippen LogP contribution is 2.31. The van der Waals surface area contributed by atoms with Crippen molar-refractivity contribution in [1.29, 1.82) is 5.26 Å². The average molecular weight is 289 g/mol. The van der Waals surface area contributed by atoms with Crippen LogP contribution in [0.3, 0.4) is 0 Å². The number of carbonyl (C=O) groups excluding carboxylic acids is 1. The third-order valence-electron chi connectivity index (χ3n) is 3.34. The van der Waals surface area contributed by atoms with Crippen molar-refractivity contribution in [3.63, 3.8) is 0 Å². The summed E-state index contributed by atoms with van der Waals surface area (Å²) in [5.41, 5.74) is 0.00622. The summed E-state index contributed by atoms with van der Waals surface area (Å²) in [6.45, 7) is 0.347. The number of amides is 1. The summed E-state index contributed by atoms with van der Waals surface area (Å²) in [5, 5.41) is 19.7. The second-order valence-corrected chi connectivity index (χ2v) is 4.78. The average Bonchev–Trinajstić information content (AvgIpc) is 3.31. The molecule has 2 rings (SSSR count).